The lowest BCUT2D eigenvalue weighted by Gasteiger charge is -2.00. The van der Waals surface area contributed by atoms with Crippen molar-refractivity contribution in [1.29, 1.82) is 0 Å². The molecule has 0 radical (unpaired) electrons. The normalized spacial score (nSPS) is 16.4. The maximum atomic E-state index is 10.1. The van der Waals surface area contributed by atoms with Crippen LogP contribution in [0.1, 0.15) is 6.92 Å². The standard InChI is InChI=1S/C3H9O3P.ClH/c1-3-6-7(2,4)5;/h3H2,1-2H3,(H,4,5);1H. The summed E-state index contributed by atoms with van der Waals surface area (Å²) in [7, 11) is -3.17. The van der Waals surface area contributed by atoms with Crippen LogP contribution >= 0.6 is 20.0 Å². The summed E-state index contributed by atoms with van der Waals surface area (Å²) in [6, 6.07) is 0. The molecule has 1 atom stereocenters. The molecule has 1 unspecified atom stereocenters. The second-order valence-corrected chi connectivity index (χ2v) is 3.08. The third kappa shape index (κ3) is 9.67. The zero-order valence-corrected chi connectivity index (χ0v) is 6.54. The molecule has 0 aromatic carbocycles. The molecule has 0 saturated carbocycles. The van der Waals surface area contributed by atoms with Crippen molar-refractivity contribution < 1.29 is 14.0 Å². The minimum Gasteiger partial charge on any atom is -0.324 e. The fourth-order valence-corrected chi connectivity index (χ4v) is 0.719. The van der Waals surface area contributed by atoms with Gasteiger partial charge in [0.25, 0.3) is 0 Å². The quantitative estimate of drug-likeness (QED) is 0.619. The molecule has 52 valence electrons. The van der Waals surface area contributed by atoms with E-state index in [1.807, 2.05) is 0 Å². The smallest absolute Gasteiger partial charge is 0.324 e. The summed E-state index contributed by atoms with van der Waals surface area (Å²) in [5, 5.41) is 0. The van der Waals surface area contributed by atoms with Gasteiger partial charge < -0.3 is 9.42 Å². The molecule has 0 bridgehead atoms. The van der Waals surface area contributed by atoms with Gasteiger partial charge in [0.1, 0.15) is 0 Å². The molecular weight excluding hydrogens is 150 g/mol. The summed E-state index contributed by atoms with van der Waals surface area (Å²) in [6.45, 7) is 3.13. The van der Waals surface area contributed by atoms with Crippen LogP contribution in [0, 0.1) is 0 Å². The molecule has 0 aliphatic carbocycles. The predicted molar refractivity (Wildman–Crippen MR) is 34.6 cm³/mol. The number of rotatable bonds is 2. The highest BCUT2D eigenvalue weighted by molar-refractivity contribution is 7.51. The highest BCUT2D eigenvalue weighted by Gasteiger charge is 2.05. The summed E-state index contributed by atoms with van der Waals surface area (Å²) in [5.74, 6) is 0. The Balaban J connectivity index is 0. The molecule has 0 spiro atoms. The van der Waals surface area contributed by atoms with Crippen molar-refractivity contribution in [2.24, 2.45) is 0 Å². The van der Waals surface area contributed by atoms with Gasteiger partial charge >= 0.3 is 7.60 Å². The van der Waals surface area contributed by atoms with E-state index in [-0.39, 0.29) is 12.4 Å². The van der Waals surface area contributed by atoms with Crippen LogP contribution in [-0.4, -0.2) is 18.2 Å². The Morgan fingerprint density at radius 1 is 1.75 bits per heavy atom. The minimum atomic E-state index is -3.17. The SMILES string of the molecule is CCOP(C)(=O)O.Cl. The van der Waals surface area contributed by atoms with Crippen molar-refractivity contribution in [1.82, 2.24) is 0 Å². The Labute approximate surface area is 55.0 Å². The molecule has 8 heavy (non-hydrogen) atoms. The van der Waals surface area contributed by atoms with Crippen LogP contribution in [0.2, 0.25) is 0 Å². The van der Waals surface area contributed by atoms with Crippen LogP contribution in [0.3, 0.4) is 0 Å². The van der Waals surface area contributed by atoms with Crippen molar-refractivity contribution in [3.8, 4) is 0 Å². The summed E-state index contributed by atoms with van der Waals surface area (Å²) in [4.78, 5) is 8.35. The van der Waals surface area contributed by atoms with Crippen LogP contribution in [-0.2, 0) is 9.09 Å². The van der Waals surface area contributed by atoms with Gasteiger partial charge in [0.05, 0.1) is 6.61 Å². The van der Waals surface area contributed by atoms with Gasteiger partial charge in [0.15, 0.2) is 0 Å². The zero-order chi connectivity index (χ0) is 5.91. The molecule has 0 amide bonds. The van der Waals surface area contributed by atoms with Gasteiger partial charge in [0.2, 0.25) is 0 Å². The molecule has 3 nitrogen and oxygen atoms in total. The van der Waals surface area contributed by atoms with Crippen molar-refractivity contribution in [3.63, 3.8) is 0 Å². The monoisotopic (exact) mass is 160 g/mol. The second-order valence-electron chi connectivity index (χ2n) is 1.22. The first-order valence-electron chi connectivity index (χ1n) is 2.01. The third-order valence-electron chi connectivity index (χ3n) is 0.369. The first-order valence-corrected chi connectivity index (χ1v) is 4.03. The van der Waals surface area contributed by atoms with Gasteiger partial charge in [-0.05, 0) is 6.92 Å². The molecular formula is C3H10ClO3P. The van der Waals surface area contributed by atoms with E-state index in [4.69, 9.17) is 4.89 Å². The lowest BCUT2D eigenvalue weighted by Crippen LogP contribution is -1.83. The summed E-state index contributed by atoms with van der Waals surface area (Å²) in [6.07, 6.45) is 0. The molecule has 1 N–H and O–H groups in total. The molecule has 0 heterocycles. The van der Waals surface area contributed by atoms with Gasteiger partial charge in [-0.1, -0.05) is 0 Å². The number of hydrogen-bond acceptors (Lipinski definition) is 2. The predicted octanol–water partition coefficient (Wildman–Crippen LogP) is 1.26. The minimum absolute atomic E-state index is 0. The van der Waals surface area contributed by atoms with Crippen LogP contribution in [0.5, 0.6) is 0 Å². The van der Waals surface area contributed by atoms with E-state index in [0.29, 0.717) is 6.61 Å². The van der Waals surface area contributed by atoms with Crippen molar-refractivity contribution in [2.75, 3.05) is 13.3 Å². The van der Waals surface area contributed by atoms with E-state index >= 15 is 0 Å². The molecule has 5 heteroatoms. The largest absolute Gasteiger partial charge is 0.325 e. The van der Waals surface area contributed by atoms with Crippen LogP contribution in [0.4, 0.5) is 0 Å². The molecule has 0 saturated heterocycles. The van der Waals surface area contributed by atoms with Crippen molar-refractivity contribution in [2.45, 2.75) is 6.92 Å². The summed E-state index contributed by atoms with van der Waals surface area (Å²) >= 11 is 0. The first kappa shape index (κ1) is 11.3. The Morgan fingerprint density at radius 3 is 2.12 bits per heavy atom. The maximum absolute atomic E-state index is 10.1. The number of hydrogen-bond donors (Lipinski definition) is 1. The van der Waals surface area contributed by atoms with E-state index in [2.05, 4.69) is 4.52 Å². The topological polar surface area (TPSA) is 46.5 Å². The average Bonchev–Trinajstić information content (AvgIpc) is 1.30. The molecule has 0 aromatic heterocycles. The maximum Gasteiger partial charge on any atom is 0.325 e. The summed E-state index contributed by atoms with van der Waals surface area (Å²) in [5.41, 5.74) is 0. The second kappa shape index (κ2) is 4.33. The Morgan fingerprint density at radius 2 is 2.12 bits per heavy atom. The Bertz CT molecular complexity index is 88.5. The van der Waals surface area contributed by atoms with Crippen LogP contribution in [0.25, 0.3) is 0 Å². The lowest BCUT2D eigenvalue weighted by atomic mass is 10.9. The summed E-state index contributed by atoms with van der Waals surface area (Å²) < 4.78 is 14.5. The van der Waals surface area contributed by atoms with E-state index in [1.165, 1.54) is 0 Å². The lowest BCUT2D eigenvalue weighted by molar-refractivity contribution is 0.279. The third-order valence-corrected chi connectivity index (χ3v) is 1.11. The van der Waals surface area contributed by atoms with Gasteiger partial charge in [-0.15, -0.1) is 12.4 Å². The van der Waals surface area contributed by atoms with Gasteiger partial charge in [-0.3, -0.25) is 4.57 Å². The fraction of sp³-hybridized carbons (Fsp3) is 1.00. The molecule has 0 aliphatic rings. The molecule has 0 rings (SSSR count). The Hall–Kier alpha value is 0.440. The number of halogens is 1. The Kier molecular flexibility index (Phi) is 6.10. The van der Waals surface area contributed by atoms with E-state index in [0.717, 1.165) is 6.66 Å². The molecule has 0 fully saturated rings. The van der Waals surface area contributed by atoms with Crippen LogP contribution in [0.15, 0.2) is 0 Å². The van der Waals surface area contributed by atoms with E-state index in [9.17, 15) is 4.57 Å². The van der Waals surface area contributed by atoms with Crippen molar-refractivity contribution in [3.05, 3.63) is 0 Å². The highest BCUT2D eigenvalue weighted by Crippen LogP contribution is 2.35. The van der Waals surface area contributed by atoms with Crippen LogP contribution < -0.4 is 0 Å². The van der Waals surface area contributed by atoms with Gasteiger partial charge in [-0.2, -0.15) is 0 Å². The molecule has 0 aromatic rings. The zero-order valence-electron chi connectivity index (χ0n) is 4.83. The first-order chi connectivity index (χ1) is 3.06. The van der Waals surface area contributed by atoms with Gasteiger partial charge in [0, 0.05) is 6.66 Å². The van der Waals surface area contributed by atoms with Crippen molar-refractivity contribution >= 4 is 20.0 Å². The van der Waals surface area contributed by atoms with E-state index in [1.54, 1.807) is 6.92 Å². The van der Waals surface area contributed by atoms with E-state index < -0.39 is 7.60 Å². The van der Waals surface area contributed by atoms with Gasteiger partial charge in [-0.25, -0.2) is 0 Å². The highest BCUT2D eigenvalue weighted by atomic mass is 35.5. The fourth-order valence-electron chi connectivity index (χ4n) is 0.240. The average molecular weight is 161 g/mol. The molecule has 0 aliphatic heterocycles.